The fraction of sp³-hybridized carbons (Fsp3) is 0.556. The summed E-state index contributed by atoms with van der Waals surface area (Å²) >= 11 is 0. The van der Waals surface area contributed by atoms with Crippen LogP contribution in [-0.2, 0) is 0 Å². The van der Waals surface area contributed by atoms with Crippen molar-refractivity contribution in [3.8, 4) is 0 Å². The predicted octanol–water partition coefficient (Wildman–Crippen LogP) is -0.904. The first-order valence-electron chi connectivity index (χ1n) is 5.23. The minimum atomic E-state index is 0.476. The largest absolute Gasteiger partial charge is 0.393 e. The van der Waals surface area contributed by atoms with Crippen molar-refractivity contribution in [1.29, 1.82) is 0 Å². The first-order valence-corrected chi connectivity index (χ1v) is 5.23. The summed E-state index contributed by atoms with van der Waals surface area (Å²) in [4.78, 5) is 12.6. The number of nitrogen functional groups attached to an aromatic ring is 2. The van der Waals surface area contributed by atoms with Gasteiger partial charge in [-0.1, -0.05) is 0 Å². The summed E-state index contributed by atoms with van der Waals surface area (Å²) in [6, 6.07) is 0. The number of nitrogens with zero attached hydrogens (tertiary/aromatic N) is 4. The van der Waals surface area contributed by atoms with Crippen LogP contribution >= 0.6 is 0 Å². The van der Waals surface area contributed by atoms with Gasteiger partial charge in [0.05, 0.1) is 0 Å². The van der Waals surface area contributed by atoms with Crippen LogP contribution in [0.2, 0.25) is 0 Å². The van der Waals surface area contributed by atoms with Crippen LogP contribution in [0.5, 0.6) is 0 Å². The Kier molecular flexibility index (Phi) is 3.07. The van der Waals surface area contributed by atoms with E-state index in [0.717, 1.165) is 32.0 Å². The first kappa shape index (κ1) is 10.9. The molecule has 0 saturated carbocycles. The highest BCUT2D eigenvalue weighted by atomic mass is 15.3. The van der Waals surface area contributed by atoms with Crippen molar-refractivity contribution < 1.29 is 0 Å². The molecule has 0 bridgehead atoms. The lowest BCUT2D eigenvalue weighted by molar-refractivity contribution is 0.312. The number of piperazine rings is 1. The Labute approximate surface area is 94.4 Å². The molecule has 1 aromatic rings. The third-order valence-electron chi connectivity index (χ3n) is 2.80. The van der Waals surface area contributed by atoms with Gasteiger partial charge in [-0.25, -0.2) is 15.8 Å². The molecule has 16 heavy (non-hydrogen) atoms. The Morgan fingerprint density at radius 3 is 2.56 bits per heavy atom. The van der Waals surface area contributed by atoms with E-state index in [2.05, 4.69) is 32.2 Å². The van der Waals surface area contributed by atoms with Crippen LogP contribution in [0.4, 0.5) is 17.3 Å². The molecule has 1 fully saturated rings. The van der Waals surface area contributed by atoms with Gasteiger partial charge in [0, 0.05) is 26.2 Å². The molecule has 7 nitrogen and oxygen atoms in total. The van der Waals surface area contributed by atoms with E-state index in [1.165, 1.54) is 6.33 Å². The van der Waals surface area contributed by atoms with Crippen molar-refractivity contribution >= 4 is 17.3 Å². The summed E-state index contributed by atoms with van der Waals surface area (Å²) in [5, 5.41) is 0. The van der Waals surface area contributed by atoms with E-state index in [1.54, 1.807) is 0 Å². The van der Waals surface area contributed by atoms with E-state index in [1.807, 2.05) is 0 Å². The number of nitrogens with one attached hydrogen (secondary N) is 1. The quantitative estimate of drug-likeness (QED) is 0.441. The van der Waals surface area contributed by atoms with Crippen LogP contribution in [0.3, 0.4) is 0 Å². The Balaban J connectivity index is 2.20. The highest BCUT2D eigenvalue weighted by Crippen LogP contribution is 2.25. The van der Waals surface area contributed by atoms with Gasteiger partial charge >= 0.3 is 0 Å². The van der Waals surface area contributed by atoms with Crippen molar-refractivity contribution in [3.05, 3.63) is 6.33 Å². The molecule has 0 amide bonds. The zero-order valence-electron chi connectivity index (χ0n) is 9.35. The van der Waals surface area contributed by atoms with E-state index < -0.39 is 0 Å². The fourth-order valence-corrected chi connectivity index (χ4v) is 1.77. The molecule has 0 aromatic carbocycles. The fourth-order valence-electron chi connectivity index (χ4n) is 1.77. The van der Waals surface area contributed by atoms with Crippen LogP contribution in [-0.4, -0.2) is 48.1 Å². The third-order valence-corrected chi connectivity index (χ3v) is 2.80. The number of likely N-dealkylation sites (N-methyl/N-ethyl adjacent to an activating group) is 1. The molecule has 2 heterocycles. The maximum Gasteiger partial charge on any atom is 0.168 e. The lowest BCUT2D eigenvalue weighted by Gasteiger charge is -2.33. The average molecular weight is 223 g/mol. The first-order chi connectivity index (χ1) is 7.72. The second-order valence-electron chi connectivity index (χ2n) is 3.89. The summed E-state index contributed by atoms with van der Waals surface area (Å²) in [7, 11) is 2.10. The summed E-state index contributed by atoms with van der Waals surface area (Å²) in [5.41, 5.74) is 8.92. The summed E-state index contributed by atoms with van der Waals surface area (Å²) in [5.74, 6) is 6.56. The van der Waals surface area contributed by atoms with Crippen molar-refractivity contribution in [2.24, 2.45) is 5.84 Å². The normalized spacial score (nSPS) is 17.5. The second-order valence-corrected chi connectivity index (χ2v) is 3.89. The number of nitrogens with two attached hydrogens (primary N) is 2. The maximum atomic E-state index is 5.94. The Morgan fingerprint density at radius 2 is 1.94 bits per heavy atom. The minimum Gasteiger partial charge on any atom is -0.393 e. The lowest BCUT2D eigenvalue weighted by Crippen LogP contribution is -2.45. The summed E-state index contributed by atoms with van der Waals surface area (Å²) < 4.78 is 0. The van der Waals surface area contributed by atoms with Gasteiger partial charge < -0.3 is 21.0 Å². The number of rotatable bonds is 2. The van der Waals surface area contributed by atoms with Crippen molar-refractivity contribution in [2.45, 2.75) is 0 Å². The standard InChI is InChI=1S/C9H17N7/c1-15-2-4-16(5-3-15)9-7(10)8(14-11)12-6-13-9/h6H,2-5,10-11H2,1H3,(H,12,13,14). The molecule has 0 spiro atoms. The molecule has 7 heteroatoms. The molecule has 1 aliphatic heterocycles. The van der Waals surface area contributed by atoms with Crippen LogP contribution in [0.15, 0.2) is 6.33 Å². The highest BCUT2D eigenvalue weighted by Gasteiger charge is 2.18. The molecule has 1 saturated heterocycles. The van der Waals surface area contributed by atoms with Crippen molar-refractivity contribution in [2.75, 3.05) is 49.3 Å². The molecule has 2 rings (SSSR count). The van der Waals surface area contributed by atoms with Gasteiger partial charge in [0.25, 0.3) is 0 Å². The Bertz CT molecular complexity index is 359. The molecule has 0 atom stereocenters. The van der Waals surface area contributed by atoms with E-state index in [0.29, 0.717) is 11.5 Å². The van der Waals surface area contributed by atoms with Crippen molar-refractivity contribution in [3.63, 3.8) is 0 Å². The Morgan fingerprint density at radius 1 is 1.25 bits per heavy atom. The molecule has 88 valence electrons. The topological polar surface area (TPSA) is 96.3 Å². The molecule has 5 N–H and O–H groups in total. The molecule has 1 aromatic heterocycles. The highest BCUT2D eigenvalue weighted by molar-refractivity contribution is 5.74. The number of hydrogen-bond acceptors (Lipinski definition) is 7. The van der Waals surface area contributed by atoms with Crippen LogP contribution in [0.25, 0.3) is 0 Å². The van der Waals surface area contributed by atoms with Gasteiger partial charge in [-0.2, -0.15) is 0 Å². The average Bonchev–Trinajstić information content (AvgIpc) is 2.31. The minimum absolute atomic E-state index is 0.476. The van der Waals surface area contributed by atoms with E-state index in [9.17, 15) is 0 Å². The number of anilines is 3. The molecule has 1 aliphatic rings. The molecule has 0 radical (unpaired) electrons. The smallest absolute Gasteiger partial charge is 0.168 e. The van der Waals surface area contributed by atoms with Gasteiger partial charge in [0.2, 0.25) is 0 Å². The predicted molar refractivity (Wildman–Crippen MR) is 64.0 cm³/mol. The maximum absolute atomic E-state index is 5.94. The summed E-state index contributed by atoms with van der Waals surface area (Å²) in [6.45, 7) is 3.85. The zero-order valence-corrected chi connectivity index (χ0v) is 9.35. The van der Waals surface area contributed by atoms with Gasteiger partial charge in [-0.15, -0.1) is 0 Å². The monoisotopic (exact) mass is 223 g/mol. The number of hydrazine groups is 1. The van der Waals surface area contributed by atoms with Crippen LogP contribution in [0, 0.1) is 0 Å². The van der Waals surface area contributed by atoms with Gasteiger partial charge in [0.15, 0.2) is 11.6 Å². The summed E-state index contributed by atoms with van der Waals surface area (Å²) in [6.07, 6.45) is 1.47. The molecular formula is C9H17N7. The number of hydrogen-bond donors (Lipinski definition) is 3. The zero-order chi connectivity index (χ0) is 11.5. The SMILES string of the molecule is CN1CCN(c2ncnc(NN)c2N)CC1. The Hall–Kier alpha value is -1.60. The van der Waals surface area contributed by atoms with Crippen molar-refractivity contribution in [1.82, 2.24) is 14.9 Å². The van der Waals surface area contributed by atoms with Crippen LogP contribution in [0.1, 0.15) is 0 Å². The third kappa shape index (κ3) is 2.00. The molecule has 0 aliphatic carbocycles. The lowest BCUT2D eigenvalue weighted by atomic mass is 10.3. The second kappa shape index (κ2) is 4.50. The molecular weight excluding hydrogens is 206 g/mol. The number of aromatic nitrogens is 2. The van der Waals surface area contributed by atoms with Gasteiger partial charge in [0.1, 0.15) is 12.0 Å². The van der Waals surface area contributed by atoms with Gasteiger partial charge in [-0.3, -0.25) is 0 Å². The van der Waals surface area contributed by atoms with E-state index >= 15 is 0 Å². The van der Waals surface area contributed by atoms with E-state index in [4.69, 9.17) is 11.6 Å². The van der Waals surface area contributed by atoms with Crippen LogP contribution < -0.4 is 21.9 Å². The van der Waals surface area contributed by atoms with Gasteiger partial charge in [-0.05, 0) is 7.05 Å². The van der Waals surface area contributed by atoms with E-state index in [-0.39, 0.29) is 0 Å². The molecule has 0 unspecified atom stereocenters.